The average Bonchev–Trinajstić information content (AvgIpc) is 2.68. The third kappa shape index (κ3) is 11.3. The number of hydrogen-bond acceptors (Lipinski definition) is 3. The Morgan fingerprint density at radius 1 is 1.00 bits per heavy atom. The highest BCUT2D eigenvalue weighted by Crippen LogP contribution is 2.37. The van der Waals surface area contributed by atoms with Gasteiger partial charge in [0.05, 0.1) is 31.0 Å². The zero-order valence-electron chi connectivity index (χ0n) is 22.5. The van der Waals surface area contributed by atoms with Crippen LogP contribution in [0, 0.1) is 5.92 Å². The molecule has 0 spiro atoms. The van der Waals surface area contributed by atoms with Crippen LogP contribution in [0.15, 0.2) is 42.5 Å². The number of ether oxygens (including phenoxy) is 2. The molecule has 0 heterocycles. The minimum atomic E-state index is -1.76. The van der Waals surface area contributed by atoms with E-state index in [0.29, 0.717) is 19.1 Å². The van der Waals surface area contributed by atoms with Crippen LogP contribution in [-0.2, 0) is 20.5 Å². The van der Waals surface area contributed by atoms with Gasteiger partial charge < -0.3 is 13.9 Å². The Hall–Kier alpha value is -0.943. The molecule has 1 rings (SSSR count). The van der Waals surface area contributed by atoms with Crippen molar-refractivity contribution in [2.24, 2.45) is 5.92 Å². The molecule has 0 saturated carbocycles. The normalized spacial score (nSPS) is 16.3. The van der Waals surface area contributed by atoms with Crippen LogP contribution >= 0.6 is 0 Å². The lowest BCUT2D eigenvalue weighted by Gasteiger charge is -2.38. The average molecular weight is 463 g/mol. The van der Waals surface area contributed by atoms with Gasteiger partial charge >= 0.3 is 0 Å². The Morgan fingerprint density at radius 2 is 1.62 bits per heavy atom. The van der Waals surface area contributed by atoms with Gasteiger partial charge in [-0.1, -0.05) is 77.1 Å². The summed E-state index contributed by atoms with van der Waals surface area (Å²) >= 11 is 0. The van der Waals surface area contributed by atoms with Gasteiger partial charge in [-0.05, 0) is 63.7 Å². The molecule has 1 aromatic carbocycles. The van der Waals surface area contributed by atoms with Crippen LogP contribution in [0.2, 0.25) is 18.1 Å². The van der Waals surface area contributed by atoms with Crippen LogP contribution in [0.4, 0.5) is 0 Å². The minimum Gasteiger partial charge on any atom is -0.411 e. The van der Waals surface area contributed by atoms with Crippen LogP contribution in [-0.4, -0.2) is 32.7 Å². The molecule has 4 heteroatoms. The molecule has 0 N–H and O–H groups in total. The first-order valence-corrected chi connectivity index (χ1v) is 15.3. The van der Waals surface area contributed by atoms with Crippen molar-refractivity contribution in [3.63, 3.8) is 0 Å². The Kier molecular flexibility index (Phi) is 11.9. The molecule has 0 amide bonds. The van der Waals surface area contributed by atoms with Gasteiger partial charge in [0.25, 0.3) is 0 Å². The van der Waals surface area contributed by atoms with Crippen LogP contribution in [0.3, 0.4) is 0 Å². The highest BCUT2D eigenvalue weighted by atomic mass is 28.4. The third-order valence-electron chi connectivity index (χ3n) is 6.26. The van der Waals surface area contributed by atoms with Gasteiger partial charge in [-0.2, -0.15) is 0 Å². The molecule has 184 valence electrons. The molecule has 0 aromatic heterocycles. The van der Waals surface area contributed by atoms with Crippen molar-refractivity contribution in [2.45, 2.75) is 117 Å². The summed E-state index contributed by atoms with van der Waals surface area (Å²) in [5.41, 5.74) is 1.04. The lowest BCUT2D eigenvalue weighted by atomic mass is 9.99. The van der Waals surface area contributed by atoms with E-state index in [1.165, 1.54) is 5.56 Å². The van der Waals surface area contributed by atoms with E-state index in [2.05, 4.69) is 105 Å². The predicted molar refractivity (Wildman–Crippen MR) is 141 cm³/mol. The molecule has 1 aromatic rings. The second-order valence-corrected chi connectivity index (χ2v) is 16.3. The molecule has 0 radical (unpaired) electrons. The Balaban J connectivity index is 2.62. The fraction of sp³-hybridized carbons (Fsp3) is 0.714. The van der Waals surface area contributed by atoms with Crippen molar-refractivity contribution in [3.8, 4) is 0 Å². The quantitative estimate of drug-likeness (QED) is 0.218. The summed E-state index contributed by atoms with van der Waals surface area (Å²) in [5, 5.41) is 0.231. The lowest BCUT2D eigenvalue weighted by molar-refractivity contribution is -0.0986. The van der Waals surface area contributed by atoms with Crippen molar-refractivity contribution in [3.05, 3.63) is 48.0 Å². The molecule has 0 bridgehead atoms. The van der Waals surface area contributed by atoms with Crippen molar-refractivity contribution >= 4 is 8.32 Å². The number of benzene rings is 1. The SMILES string of the molecule is CC[C@H](/C=C/CC[C@H](OC(C)(C)C)[C@H](C)COCc1ccccc1)O[Si](C)(C)C(C)(C)C. The fourth-order valence-corrected chi connectivity index (χ4v) is 4.64. The van der Waals surface area contributed by atoms with Gasteiger partial charge in [0.1, 0.15) is 0 Å². The van der Waals surface area contributed by atoms with Crippen molar-refractivity contribution < 1.29 is 13.9 Å². The maximum absolute atomic E-state index is 6.58. The summed E-state index contributed by atoms with van der Waals surface area (Å²) in [4.78, 5) is 0. The molecule has 0 unspecified atom stereocenters. The largest absolute Gasteiger partial charge is 0.411 e. The standard InChI is InChI=1S/C28H50O3Si/c1-11-25(31-32(9,10)28(6,7)8)19-15-16-20-26(30-27(3,4)5)23(2)21-29-22-24-17-13-12-14-18-24/h12-15,17-19,23,25-26H,11,16,20-22H2,1-10H3/b19-15+/t23-,25-,26+/m1/s1. The van der Waals surface area contributed by atoms with Gasteiger partial charge in [0.15, 0.2) is 8.32 Å². The Morgan fingerprint density at radius 3 is 2.16 bits per heavy atom. The molecule has 0 aliphatic rings. The molecule has 0 aliphatic carbocycles. The Bertz CT molecular complexity index is 655. The van der Waals surface area contributed by atoms with E-state index in [-0.39, 0.29) is 22.8 Å². The van der Waals surface area contributed by atoms with E-state index in [9.17, 15) is 0 Å². The van der Waals surface area contributed by atoms with Crippen molar-refractivity contribution in [2.75, 3.05) is 6.61 Å². The second-order valence-electron chi connectivity index (χ2n) is 11.6. The minimum absolute atomic E-state index is 0.164. The van der Waals surface area contributed by atoms with Gasteiger partial charge in [-0.3, -0.25) is 0 Å². The van der Waals surface area contributed by atoms with Crippen LogP contribution in [0.1, 0.15) is 80.2 Å². The lowest BCUT2D eigenvalue weighted by Crippen LogP contribution is -2.43. The molecular weight excluding hydrogens is 412 g/mol. The predicted octanol–water partition coefficient (Wildman–Crippen LogP) is 8.16. The van der Waals surface area contributed by atoms with Crippen LogP contribution < -0.4 is 0 Å². The molecule has 0 fully saturated rings. The van der Waals surface area contributed by atoms with E-state index < -0.39 is 8.32 Å². The number of allylic oxidation sites excluding steroid dienone is 1. The highest BCUT2D eigenvalue weighted by molar-refractivity contribution is 6.74. The maximum atomic E-state index is 6.58. The molecular formula is C28H50O3Si. The topological polar surface area (TPSA) is 27.7 Å². The first kappa shape index (κ1) is 29.1. The molecule has 3 atom stereocenters. The summed E-state index contributed by atoms with van der Waals surface area (Å²) in [6, 6.07) is 10.4. The molecule has 3 nitrogen and oxygen atoms in total. The zero-order chi connectivity index (χ0) is 24.4. The van der Waals surface area contributed by atoms with E-state index in [4.69, 9.17) is 13.9 Å². The second kappa shape index (κ2) is 13.1. The van der Waals surface area contributed by atoms with Gasteiger partial charge in [0, 0.05) is 5.92 Å². The first-order chi connectivity index (χ1) is 14.7. The van der Waals surface area contributed by atoms with Crippen molar-refractivity contribution in [1.29, 1.82) is 0 Å². The highest BCUT2D eigenvalue weighted by Gasteiger charge is 2.38. The smallest absolute Gasteiger partial charge is 0.192 e. The summed E-state index contributed by atoms with van der Waals surface area (Å²) in [6.07, 6.45) is 7.90. The fourth-order valence-electron chi connectivity index (χ4n) is 3.28. The van der Waals surface area contributed by atoms with Gasteiger partial charge in [-0.15, -0.1) is 0 Å². The van der Waals surface area contributed by atoms with E-state index in [1.54, 1.807) is 0 Å². The molecule has 0 aliphatic heterocycles. The first-order valence-electron chi connectivity index (χ1n) is 12.4. The number of rotatable bonds is 13. The van der Waals surface area contributed by atoms with E-state index in [1.807, 2.05) is 6.07 Å². The summed E-state index contributed by atoms with van der Waals surface area (Å²) in [5.74, 6) is 0.330. The van der Waals surface area contributed by atoms with Gasteiger partial charge in [0.2, 0.25) is 0 Å². The molecule has 32 heavy (non-hydrogen) atoms. The van der Waals surface area contributed by atoms with Crippen molar-refractivity contribution in [1.82, 2.24) is 0 Å². The van der Waals surface area contributed by atoms with E-state index in [0.717, 1.165) is 19.3 Å². The van der Waals surface area contributed by atoms with Gasteiger partial charge in [-0.25, -0.2) is 0 Å². The summed E-state index contributed by atoms with van der Waals surface area (Å²) in [7, 11) is -1.76. The monoisotopic (exact) mass is 462 g/mol. The summed E-state index contributed by atoms with van der Waals surface area (Å²) in [6.45, 7) is 23.7. The maximum Gasteiger partial charge on any atom is 0.192 e. The summed E-state index contributed by atoms with van der Waals surface area (Å²) < 4.78 is 19.0. The third-order valence-corrected chi connectivity index (χ3v) is 10.8. The zero-order valence-corrected chi connectivity index (χ0v) is 23.5. The van der Waals surface area contributed by atoms with Crippen LogP contribution in [0.5, 0.6) is 0 Å². The molecule has 0 saturated heterocycles. The Labute approximate surface area is 200 Å². The number of hydrogen-bond donors (Lipinski definition) is 0. The van der Waals surface area contributed by atoms with Crippen LogP contribution in [0.25, 0.3) is 0 Å². The van der Waals surface area contributed by atoms with E-state index >= 15 is 0 Å².